The first kappa shape index (κ1) is 22.2. The second-order valence-electron chi connectivity index (χ2n) is 7.08. The number of nitrogens with one attached hydrogen (secondary N) is 2. The maximum atomic E-state index is 4.77. The number of guanidine groups is 1. The van der Waals surface area contributed by atoms with Gasteiger partial charge in [0.2, 0.25) is 0 Å². The number of likely N-dealkylation sites (tertiary alicyclic amines) is 1. The number of aliphatic imine (C=N–C) groups is 1. The van der Waals surface area contributed by atoms with E-state index in [9.17, 15) is 0 Å². The molecule has 0 radical (unpaired) electrons. The van der Waals surface area contributed by atoms with Crippen molar-refractivity contribution in [1.82, 2.24) is 15.5 Å². The van der Waals surface area contributed by atoms with E-state index in [-0.39, 0.29) is 24.0 Å². The fourth-order valence-corrected chi connectivity index (χ4v) is 3.23. The SMILES string of the molecule is CCNC(=NCc1ccccc1CN1CCCCC1C)NC(C)C.I. The summed E-state index contributed by atoms with van der Waals surface area (Å²) in [6.45, 7) is 12.6. The van der Waals surface area contributed by atoms with E-state index >= 15 is 0 Å². The van der Waals surface area contributed by atoms with Gasteiger partial charge < -0.3 is 10.6 Å². The maximum absolute atomic E-state index is 4.77. The molecule has 1 saturated heterocycles. The van der Waals surface area contributed by atoms with Gasteiger partial charge in [-0.3, -0.25) is 4.90 Å². The summed E-state index contributed by atoms with van der Waals surface area (Å²) in [5.74, 6) is 0.897. The van der Waals surface area contributed by atoms with E-state index in [2.05, 4.69) is 67.5 Å². The average molecular weight is 458 g/mol. The second kappa shape index (κ2) is 11.7. The van der Waals surface area contributed by atoms with Crippen molar-refractivity contribution in [1.29, 1.82) is 0 Å². The van der Waals surface area contributed by atoms with Crippen molar-refractivity contribution in [3.8, 4) is 0 Å². The second-order valence-corrected chi connectivity index (χ2v) is 7.08. The van der Waals surface area contributed by atoms with Gasteiger partial charge in [-0.05, 0) is 58.2 Å². The normalized spacial score (nSPS) is 18.8. The molecule has 1 aliphatic heterocycles. The lowest BCUT2D eigenvalue weighted by Gasteiger charge is -2.33. The van der Waals surface area contributed by atoms with E-state index in [1.54, 1.807) is 0 Å². The van der Waals surface area contributed by atoms with E-state index in [0.29, 0.717) is 12.1 Å². The first-order valence-electron chi connectivity index (χ1n) is 9.45. The third-order valence-corrected chi connectivity index (χ3v) is 4.61. The van der Waals surface area contributed by atoms with Crippen LogP contribution in [0.1, 0.15) is 58.1 Å². The van der Waals surface area contributed by atoms with Crippen molar-refractivity contribution in [2.75, 3.05) is 13.1 Å². The molecule has 4 nitrogen and oxygen atoms in total. The Balaban J connectivity index is 0.00000312. The van der Waals surface area contributed by atoms with Crippen molar-refractivity contribution in [2.24, 2.45) is 4.99 Å². The molecule has 1 aromatic rings. The summed E-state index contributed by atoms with van der Waals surface area (Å²) in [7, 11) is 0. The Labute approximate surface area is 170 Å². The fourth-order valence-electron chi connectivity index (χ4n) is 3.23. The number of halogens is 1. The molecular formula is C20H35IN4. The van der Waals surface area contributed by atoms with Crippen molar-refractivity contribution < 1.29 is 0 Å². The number of piperidine rings is 1. The van der Waals surface area contributed by atoms with E-state index < -0.39 is 0 Å². The predicted octanol–water partition coefficient (Wildman–Crippen LogP) is 4.14. The Morgan fingerprint density at radius 1 is 1.24 bits per heavy atom. The van der Waals surface area contributed by atoms with Gasteiger partial charge in [-0.2, -0.15) is 0 Å². The van der Waals surface area contributed by atoms with Crippen LogP contribution in [0.4, 0.5) is 0 Å². The number of hydrogen-bond donors (Lipinski definition) is 2. The number of nitrogens with zero attached hydrogens (tertiary/aromatic N) is 2. The minimum Gasteiger partial charge on any atom is -0.357 e. The van der Waals surface area contributed by atoms with E-state index in [0.717, 1.165) is 25.6 Å². The van der Waals surface area contributed by atoms with Crippen LogP contribution in [0, 0.1) is 0 Å². The summed E-state index contributed by atoms with van der Waals surface area (Å²) >= 11 is 0. The highest BCUT2D eigenvalue weighted by molar-refractivity contribution is 14.0. The van der Waals surface area contributed by atoms with Gasteiger partial charge in [0.25, 0.3) is 0 Å². The summed E-state index contributed by atoms with van der Waals surface area (Å²) in [5, 5.41) is 6.71. The Morgan fingerprint density at radius 3 is 2.60 bits per heavy atom. The molecule has 0 bridgehead atoms. The molecule has 25 heavy (non-hydrogen) atoms. The molecule has 1 aliphatic rings. The van der Waals surface area contributed by atoms with Crippen LogP contribution < -0.4 is 10.6 Å². The first-order valence-corrected chi connectivity index (χ1v) is 9.45. The van der Waals surface area contributed by atoms with Crippen LogP contribution in [-0.4, -0.2) is 36.0 Å². The highest BCUT2D eigenvalue weighted by Gasteiger charge is 2.19. The third kappa shape index (κ3) is 7.52. The van der Waals surface area contributed by atoms with Crippen LogP contribution in [0.25, 0.3) is 0 Å². The molecule has 142 valence electrons. The zero-order chi connectivity index (χ0) is 17.4. The van der Waals surface area contributed by atoms with Crippen molar-refractivity contribution in [3.05, 3.63) is 35.4 Å². The zero-order valence-corrected chi connectivity index (χ0v) is 18.5. The van der Waals surface area contributed by atoms with E-state index in [4.69, 9.17) is 4.99 Å². The Bertz CT molecular complexity index is 530. The molecule has 5 heteroatoms. The number of hydrogen-bond acceptors (Lipinski definition) is 2. The molecular weight excluding hydrogens is 423 g/mol. The molecule has 1 heterocycles. The molecule has 0 aliphatic carbocycles. The zero-order valence-electron chi connectivity index (χ0n) is 16.2. The predicted molar refractivity (Wildman–Crippen MR) is 119 cm³/mol. The van der Waals surface area contributed by atoms with Gasteiger partial charge in [-0.15, -0.1) is 24.0 Å². The van der Waals surface area contributed by atoms with Gasteiger partial charge in [0.05, 0.1) is 6.54 Å². The van der Waals surface area contributed by atoms with Crippen LogP contribution in [-0.2, 0) is 13.1 Å². The summed E-state index contributed by atoms with van der Waals surface area (Å²) < 4.78 is 0. The Morgan fingerprint density at radius 2 is 1.96 bits per heavy atom. The van der Waals surface area contributed by atoms with Gasteiger partial charge in [0, 0.05) is 25.2 Å². The highest BCUT2D eigenvalue weighted by Crippen LogP contribution is 2.21. The monoisotopic (exact) mass is 458 g/mol. The Hall–Kier alpha value is -0.820. The summed E-state index contributed by atoms with van der Waals surface area (Å²) in [6, 6.07) is 9.81. The smallest absolute Gasteiger partial charge is 0.191 e. The van der Waals surface area contributed by atoms with Gasteiger partial charge in [0.15, 0.2) is 5.96 Å². The molecule has 1 unspecified atom stereocenters. The highest BCUT2D eigenvalue weighted by atomic mass is 127. The quantitative estimate of drug-likeness (QED) is 0.383. The lowest BCUT2D eigenvalue weighted by Crippen LogP contribution is -2.41. The standard InChI is InChI=1S/C20H34N4.HI/c1-5-21-20(23-16(2)3)22-14-18-11-6-7-12-19(18)15-24-13-9-8-10-17(24)4;/h6-7,11-12,16-17H,5,8-10,13-15H2,1-4H3,(H2,21,22,23);1H. The minimum atomic E-state index is 0. The minimum absolute atomic E-state index is 0. The molecule has 2 rings (SSSR count). The van der Waals surface area contributed by atoms with Crippen LogP contribution in [0.3, 0.4) is 0 Å². The average Bonchev–Trinajstić information content (AvgIpc) is 2.55. The first-order chi connectivity index (χ1) is 11.6. The molecule has 2 N–H and O–H groups in total. The third-order valence-electron chi connectivity index (χ3n) is 4.61. The van der Waals surface area contributed by atoms with Crippen molar-refractivity contribution in [2.45, 2.75) is 72.1 Å². The summed E-state index contributed by atoms with van der Waals surface area (Å²) in [6.07, 6.45) is 4.02. The van der Waals surface area contributed by atoms with Gasteiger partial charge in [-0.25, -0.2) is 4.99 Å². The number of benzene rings is 1. The van der Waals surface area contributed by atoms with Crippen LogP contribution in [0.5, 0.6) is 0 Å². The fraction of sp³-hybridized carbons (Fsp3) is 0.650. The van der Waals surface area contributed by atoms with Crippen molar-refractivity contribution in [3.63, 3.8) is 0 Å². The van der Waals surface area contributed by atoms with Crippen LogP contribution >= 0.6 is 24.0 Å². The van der Waals surface area contributed by atoms with E-state index in [1.807, 2.05) is 0 Å². The largest absolute Gasteiger partial charge is 0.357 e. The van der Waals surface area contributed by atoms with Crippen LogP contribution in [0.2, 0.25) is 0 Å². The lowest BCUT2D eigenvalue weighted by molar-refractivity contribution is 0.152. The number of rotatable bonds is 6. The molecule has 0 aromatic heterocycles. The Kier molecular flexibility index (Phi) is 10.4. The van der Waals surface area contributed by atoms with Gasteiger partial charge >= 0.3 is 0 Å². The maximum Gasteiger partial charge on any atom is 0.191 e. The molecule has 0 spiro atoms. The molecule has 0 amide bonds. The molecule has 1 fully saturated rings. The topological polar surface area (TPSA) is 39.7 Å². The van der Waals surface area contributed by atoms with Crippen molar-refractivity contribution >= 4 is 29.9 Å². The van der Waals surface area contributed by atoms with Gasteiger partial charge in [0.1, 0.15) is 0 Å². The summed E-state index contributed by atoms with van der Waals surface area (Å²) in [5.41, 5.74) is 2.74. The van der Waals surface area contributed by atoms with E-state index in [1.165, 1.54) is 36.9 Å². The van der Waals surface area contributed by atoms with Gasteiger partial charge in [-0.1, -0.05) is 30.7 Å². The molecule has 0 saturated carbocycles. The van der Waals surface area contributed by atoms with Crippen LogP contribution in [0.15, 0.2) is 29.3 Å². The summed E-state index contributed by atoms with van der Waals surface area (Å²) in [4.78, 5) is 7.39. The molecule has 1 atom stereocenters. The molecule has 1 aromatic carbocycles. The lowest BCUT2D eigenvalue weighted by atomic mass is 10.0.